The van der Waals surface area contributed by atoms with Crippen molar-refractivity contribution in [1.82, 2.24) is 5.32 Å². The Bertz CT molecular complexity index is 444. The summed E-state index contributed by atoms with van der Waals surface area (Å²) in [5, 5.41) is 14.1. The summed E-state index contributed by atoms with van der Waals surface area (Å²) in [4.78, 5) is 35.8. The van der Waals surface area contributed by atoms with Gasteiger partial charge >= 0.3 is 5.97 Å². The maximum atomic E-state index is 12.4. The van der Waals surface area contributed by atoms with E-state index < -0.39 is 35.8 Å². The SMILES string of the molecule is CCC(=O)[C@@](CC(=O)[O-])(C[N+](C)(C)C)OC(=O)[C@@H]1CCCN1.Cl. The van der Waals surface area contributed by atoms with Crippen molar-refractivity contribution < 1.29 is 28.7 Å². The lowest BCUT2D eigenvalue weighted by Gasteiger charge is -2.38. The predicted molar refractivity (Wildman–Crippen MR) is 84.9 cm³/mol. The van der Waals surface area contributed by atoms with E-state index in [1.54, 1.807) is 6.92 Å². The molecule has 2 atom stereocenters. The van der Waals surface area contributed by atoms with Crippen LogP contribution >= 0.6 is 12.4 Å². The molecule has 134 valence electrons. The highest BCUT2D eigenvalue weighted by atomic mass is 35.5. The molecule has 1 aliphatic rings. The molecule has 0 aliphatic carbocycles. The number of quaternary nitrogens is 1. The van der Waals surface area contributed by atoms with Crippen molar-refractivity contribution in [2.45, 2.75) is 44.2 Å². The second-order valence-electron chi connectivity index (χ2n) is 6.84. The lowest BCUT2D eigenvalue weighted by atomic mass is 9.90. The number of hydrogen-bond donors (Lipinski definition) is 1. The number of carboxylic acid groups (broad SMARTS) is 1. The number of aliphatic carboxylic acids is 1. The summed E-state index contributed by atoms with van der Waals surface area (Å²) in [5.41, 5.74) is -1.67. The van der Waals surface area contributed by atoms with Crippen LogP contribution in [0.15, 0.2) is 0 Å². The van der Waals surface area contributed by atoms with Crippen molar-refractivity contribution in [2.75, 3.05) is 34.2 Å². The molecule has 0 radical (unpaired) electrons. The lowest BCUT2D eigenvalue weighted by Crippen LogP contribution is -2.59. The Morgan fingerprint density at radius 1 is 1.30 bits per heavy atom. The van der Waals surface area contributed by atoms with E-state index in [4.69, 9.17) is 4.74 Å². The fourth-order valence-corrected chi connectivity index (χ4v) is 2.84. The smallest absolute Gasteiger partial charge is 0.324 e. The minimum Gasteiger partial charge on any atom is -0.550 e. The molecule has 0 aromatic carbocycles. The Morgan fingerprint density at radius 3 is 2.30 bits per heavy atom. The Kier molecular flexibility index (Phi) is 8.17. The standard InChI is InChI=1S/C15H26N2O5.ClH/c1-5-12(18)15(9-13(19)20,10-17(2,3)4)22-14(21)11-7-6-8-16-11;/h11,16H,5-10H2,1-4H3;1H/t11-,15+;/m0./s1. The van der Waals surface area contributed by atoms with E-state index >= 15 is 0 Å². The van der Waals surface area contributed by atoms with Crippen LogP contribution in [-0.2, 0) is 19.1 Å². The van der Waals surface area contributed by atoms with Crippen LogP contribution in [0.25, 0.3) is 0 Å². The minimum absolute atomic E-state index is 0. The molecule has 8 heteroatoms. The molecule has 23 heavy (non-hydrogen) atoms. The first-order valence-corrected chi connectivity index (χ1v) is 7.59. The molecule has 0 spiro atoms. The van der Waals surface area contributed by atoms with Gasteiger partial charge in [0.25, 0.3) is 0 Å². The van der Waals surface area contributed by atoms with E-state index in [0.717, 1.165) is 6.42 Å². The molecule has 1 N–H and O–H groups in total. The lowest BCUT2D eigenvalue weighted by molar-refractivity contribution is -0.875. The summed E-state index contributed by atoms with van der Waals surface area (Å²) in [6.07, 6.45) is 0.960. The molecule has 1 heterocycles. The Hall–Kier alpha value is -1.18. The van der Waals surface area contributed by atoms with Crippen LogP contribution in [0.2, 0.25) is 0 Å². The van der Waals surface area contributed by atoms with Crippen molar-refractivity contribution in [3.05, 3.63) is 0 Å². The first-order chi connectivity index (χ1) is 10.1. The molecule has 0 bridgehead atoms. The van der Waals surface area contributed by atoms with Crippen molar-refractivity contribution in [2.24, 2.45) is 0 Å². The van der Waals surface area contributed by atoms with E-state index in [1.165, 1.54) is 0 Å². The maximum absolute atomic E-state index is 12.4. The fourth-order valence-electron chi connectivity index (χ4n) is 2.84. The summed E-state index contributed by atoms with van der Waals surface area (Å²) in [6.45, 7) is 2.43. The average molecular weight is 351 g/mol. The van der Waals surface area contributed by atoms with Crippen LogP contribution in [-0.4, -0.2) is 68.1 Å². The highest BCUT2D eigenvalue weighted by molar-refractivity contribution is 5.93. The van der Waals surface area contributed by atoms with Crippen molar-refractivity contribution >= 4 is 30.1 Å². The quantitative estimate of drug-likeness (QED) is 0.458. The van der Waals surface area contributed by atoms with Gasteiger partial charge in [0.1, 0.15) is 12.6 Å². The van der Waals surface area contributed by atoms with Crippen LogP contribution in [0.4, 0.5) is 0 Å². The number of carboxylic acids is 1. The average Bonchev–Trinajstić information content (AvgIpc) is 2.88. The summed E-state index contributed by atoms with van der Waals surface area (Å²) >= 11 is 0. The number of carbonyl (C=O) groups is 3. The minimum atomic E-state index is -1.67. The number of ether oxygens (including phenoxy) is 1. The largest absolute Gasteiger partial charge is 0.550 e. The van der Waals surface area contributed by atoms with Gasteiger partial charge in [0.05, 0.1) is 21.1 Å². The van der Waals surface area contributed by atoms with Gasteiger partial charge in [-0.15, -0.1) is 12.4 Å². The summed E-state index contributed by atoms with van der Waals surface area (Å²) in [5.74, 6) is -2.35. The van der Waals surface area contributed by atoms with E-state index in [-0.39, 0.29) is 25.4 Å². The number of ketones is 1. The van der Waals surface area contributed by atoms with Gasteiger partial charge in [-0.25, -0.2) is 0 Å². The zero-order chi connectivity index (χ0) is 17.0. The molecular weight excluding hydrogens is 324 g/mol. The topological polar surface area (TPSA) is 95.5 Å². The Labute approximate surface area is 143 Å². The number of likely N-dealkylation sites (N-methyl/N-ethyl adjacent to an activating group) is 1. The molecule has 0 aromatic rings. The molecule has 1 fully saturated rings. The number of hydrogen-bond acceptors (Lipinski definition) is 6. The molecule has 1 rings (SSSR count). The third kappa shape index (κ3) is 6.45. The summed E-state index contributed by atoms with van der Waals surface area (Å²) < 4.78 is 5.77. The number of rotatable bonds is 8. The number of nitrogens with one attached hydrogen (secondary N) is 1. The van der Waals surface area contributed by atoms with Gasteiger partial charge < -0.3 is 24.4 Å². The normalized spacial score (nSPS) is 20.3. The van der Waals surface area contributed by atoms with Gasteiger partial charge in [-0.2, -0.15) is 0 Å². The summed E-state index contributed by atoms with van der Waals surface area (Å²) in [7, 11) is 5.44. The van der Waals surface area contributed by atoms with Crippen LogP contribution < -0.4 is 10.4 Å². The molecule has 0 aromatic heterocycles. The Balaban J connectivity index is 0.00000484. The van der Waals surface area contributed by atoms with Crippen LogP contribution in [0.3, 0.4) is 0 Å². The molecule has 0 saturated carbocycles. The van der Waals surface area contributed by atoms with Crippen LogP contribution in [0.5, 0.6) is 0 Å². The van der Waals surface area contributed by atoms with Gasteiger partial charge in [-0.05, 0) is 19.4 Å². The highest BCUT2D eigenvalue weighted by Crippen LogP contribution is 2.24. The second kappa shape index (κ2) is 8.61. The number of esters is 1. The first-order valence-electron chi connectivity index (χ1n) is 7.59. The van der Waals surface area contributed by atoms with Gasteiger partial charge in [0, 0.05) is 18.8 Å². The summed E-state index contributed by atoms with van der Waals surface area (Å²) in [6, 6.07) is -0.474. The van der Waals surface area contributed by atoms with Crippen molar-refractivity contribution in [1.29, 1.82) is 0 Å². The molecule has 1 aliphatic heterocycles. The van der Waals surface area contributed by atoms with Crippen LogP contribution in [0, 0.1) is 0 Å². The number of nitrogens with zero attached hydrogens (tertiary/aromatic N) is 1. The van der Waals surface area contributed by atoms with E-state index in [2.05, 4.69) is 5.32 Å². The molecule has 0 amide bonds. The number of carbonyl (C=O) groups excluding carboxylic acids is 3. The first kappa shape index (κ1) is 21.8. The molecule has 1 saturated heterocycles. The Morgan fingerprint density at radius 2 is 1.91 bits per heavy atom. The third-order valence-corrected chi connectivity index (χ3v) is 3.63. The zero-order valence-corrected chi connectivity index (χ0v) is 15.0. The maximum Gasteiger partial charge on any atom is 0.324 e. The zero-order valence-electron chi connectivity index (χ0n) is 14.2. The second-order valence-corrected chi connectivity index (χ2v) is 6.84. The monoisotopic (exact) mass is 350 g/mol. The van der Waals surface area contributed by atoms with Gasteiger partial charge in [0.15, 0.2) is 5.78 Å². The van der Waals surface area contributed by atoms with Crippen LogP contribution in [0.1, 0.15) is 32.6 Å². The van der Waals surface area contributed by atoms with Gasteiger partial charge in [0.2, 0.25) is 5.60 Å². The molecule has 7 nitrogen and oxygen atoms in total. The van der Waals surface area contributed by atoms with Crippen molar-refractivity contribution in [3.8, 4) is 0 Å². The fraction of sp³-hybridized carbons (Fsp3) is 0.800. The molecule has 0 unspecified atom stereocenters. The number of Topliss-reactive ketones (excluding diaryl/α,β-unsaturated/α-hetero) is 1. The van der Waals surface area contributed by atoms with Gasteiger partial charge in [-0.3, -0.25) is 9.59 Å². The molecular formula is C15H27ClN2O5. The van der Waals surface area contributed by atoms with Crippen molar-refractivity contribution in [3.63, 3.8) is 0 Å². The number of halogens is 1. The van der Waals surface area contributed by atoms with E-state index in [9.17, 15) is 19.5 Å². The predicted octanol–water partition coefficient (Wildman–Crippen LogP) is -0.732. The van der Waals surface area contributed by atoms with Gasteiger partial charge in [-0.1, -0.05) is 6.92 Å². The van der Waals surface area contributed by atoms with E-state index in [1.807, 2.05) is 21.1 Å². The van der Waals surface area contributed by atoms with E-state index in [0.29, 0.717) is 17.4 Å². The third-order valence-electron chi connectivity index (χ3n) is 3.63. The highest BCUT2D eigenvalue weighted by Gasteiger charge is 2.47.